The van der Waals surface area contributed by atoms with Crippen LogP contribution < -0.4 is 15.2 Å². The van der Waals surface area contributed by atoms with Gasteiger partial charge in [-0.05, 0) is 44.5 Å². The summed E-state index contributed by atoms with van der Waals surface area (Å²) in [6.45, 7) is 5.45. The van der Waals surface area contributed by atoms with Crippen molar-refractivity contribution in [3.8, 4) is 11.5 Å². The Bertz CT molecular complexity index is 341. The Morgan fingerprint density at radius 2 is 1.82 bits per heavy atom. The van der Waals surface area contributed by atoms with Crippen molar-refractivity contribution in [2.24, 2.45) is 5.73 Å². The van der Waals surface area contributed by atoms with Gasteiger partial charge in [-0.1, -0.05) is 6.07 Å². The Labute approximate surface area is 102 Å². The molecule has 4 nitrogen and oxygen atoms in total. The molecule has 0 saturated heterocycles. The van der Waals surface area contributed by atoms with Crippen LogP contribution >= 0.6 is 0 Å². The summed E-state index contributed by atoms with van der Waals surface area (Å²) >= 11 is 0. The van der Waals surface area contributed by atoms with E-state index in [9.17, 15) is 5.11 Å². The van der Waals surface area contributed by atoms with Gasteiger partial charge in [0.15, 0.2) is 11.5 Å². The molecule has 0 amide bonds. The molecule has 0 fully saturated rings. The van der Waals surface area contributed by atoms with E-state index in [1.165, 1.54) is 0 Å². The Morgan fingerprint density at radius 1 is 1.18 bits per heavy atom. The molecule has 0 aliphatic rings. The van der Waals surface area contributed by atoms with Crippen LogP contribution in [0, 0.1) is 0 Å². The molecule has 0 aromatic heterocycles. The predicted octanol–water partition coefficient (Wildman–Crippen LogP) is 1.87. The standard InChI is InChI=1S/C13H21NO3/c1-3-16-12-6-5-10(11(15)7-8-14)9-13(12)17-4-2/h5-6,9,11,15H,3-4,7-8,14H2,1-2H3. The van der Waals surface area contributed by atoms with E-state index < -0.39 is 6.10 Å². The molecule has 0 heterocycles. The van der Waals surface area contributed by atoms with E-state index in [0.717, 1.165) is 5.56 Å². The first-order valence-corrected chi connectivity index (χ1v) is 6.00. The normalized spacial score (nSPS) is 12.2. The molecule has 3 N–H and O–H groups in total. The highest BCUT2D eigenvalue weighted by Gasteiger charge is 2.11. The molecule has 1 aromatic carbocycles. The fourth-order valence-corrected chi connectivity index (χ4v) is 1.60. The first-order chi connectivity index (χ1) is 8.22. The van der Waals surface area contributed by atoms with E-state index in [2.05, 4.69) is 0 Å². The molecule has 0 bridgehead atoms. The second kappa shape index (κ2) is 7.14. The minimum atomic E-state index is -0.546. The maximum absolute atomic E-state index is 9.86. The maximum Gasteiger partial charge on any atom is 0.161 e. The van der Waals surface area contributed by atoms with Crippen LogP contribution in [0.1, 0.15) is 31.9 Å². The van der Waals surface area contributed by atoms with Gasteiger partial charge >= 0.3 is 0 Å². The Kier molecular flexibility index (Phi) is 5.80. The Hall–Kier alpha value is -1.26. The number of aliphatic hydroxyl groups is 1. The van der Waals surface area contributed by atoms with Crippen molar-refractivity contribution in [2.75, 3.05) is 19.8 Å². The highest BCUT2D eigenvalue weighted by atomic mass is 16.5. The first kappa shape index (κ1) is 13.8. The zero-order chi connectivity index (χ0) is 12.7. The van der Waals surface area contributed by atoms with Gasteiger partial charge in [0.05, 0.1) is 19.3 Å². The van der Waals surface area contributed by atoms with Crippen molar-refractivity contribution >= 4 is 0 Å². The third-order valence-electron chi connectivity index (χ3n) is 2.39. The summed E-state index contributed by atoms with van der Waals surface area (Å²) < 4.78 is 10.9. The van der Waals surface area contributed by atoms with Gasteiger partial charge in [-0.3, -0.25) is 0 Å². The molecule has 0 aliphatic heterocycles. The topological polar surface area (TPSA) is 64.7 Å². The lowest BCUT2D eigenvalue weighted by atomic mass is 10.1. The maximum atomic E-state index is 9.86. The lowest BCUT2D eigenvalue weighted by molar-refractivity contribution is 0.169. The van der Waals surface area contributed by atoms with E-state index in [0.29, 0.717) is 37.7 Å². The van der Waals surface area contributed by atoms with Crippen LogP contribution in [0.2, 0.25) is 0 Å². The number of ether oxygens (including phenoxy) is 2. The van der Waals surface area contributed by atoms with Gasteiger partial charge in [0.25, 0.3) is 0 Å². The monoisotopic (exact) mass is 239 g/mol. The number of rotatable bonds is 7. The number of hydrogen-bond donors (Lipinski definition) is 2. The SMILES string of the molecule is CCOc1ccc(C(O)CCN)cc1OCC. The fraction of sp³-hybridized carbons (Fsp3) is 0.538. The zero-order valence-electron chi connectivity index (χ0n) is 10.5. The summed E-state index contributed by atoms with van der Waals surface area (Å²) in [4.78, 5) is 0. The van der Waals surface area contributed by atoms with Gasteiger partial charge in [0.2, 0.25) is 0 Å². The lowest BCUT2D eigenvalue weighted by Gasteiger charge is -2.15. The minimum absolute atomic E-state index is 0.457. The van der Waals surface area contributed by atoms with Crippen molar-refractivity contribution in [1.82, 2.24) is 0 Å². The molecule has 0 saturated carbocycles. The summed E-state index contributed by atoms with van der Waals surface area (Å²) in [6.07, 6.45) is -0.00519. The molecule has 96 valence electrons. The molecule has 1 unspecified atom stereocenters. The molecule has 1 rings (SSSR count). The lowest BCUT2D eigenvalue weighted by Crippen LogP contribution is -2.07. The van der Waals surface area contributed by atoms with Crippen molar-refractivity contribution in [3.05, 3.63) is 23.8 Å². The van der Waals surface area contributed by atoms with E-state index in [4.69, 9.17) is 15.2 Å². The van der Waals surface area contributed by atoms with Crippen molar-refractivity contribution in [2.45, 2.75) is 26.4 Å². The smallest absolute Gasteiger partial charge is 0.161 e. The van der Waals surface area contributed by atoms with Crippen LogP contribution in [0.5, 0.6) is 11.5 Å². The first-order valence-electron chi connectivity index (χ1n) is 6.00. The van der Waals surface area contributed by atoms with Gasteiger partial charge in [-0.2, -0.15) is 0 Å². The van der Waals surface area contributed by atoms with Crippen molar-refractivity contribution < 1.29 is 14.6 Å². The highest BCUT2D eigenvalue weighted by molar-refractivity contribution is 5.43. The van der Waals surface area contributed by atoms with Crippen molar-refractivity contribution in [1.29, 1.82) is 0 Å². The minimum Gasteiger partial charge on any atom is -0.490 e. The molecule has 0 spiro atoms. The second-order valence-electron chi connectivity index (χ2n) is 3.67. The molecule has 17 heavy (non-hydrogen) atoms. The Morgan fingerprint density at radius 3 is 2.41 bits per heavy atom. The molecule has 1 atom stereocenters. The fourth-order valence-electron chi connectivity index (χ4n) is 1.60. The van der Waals surface area contributed by atoms with Crippen LogP contribution in [-0.2, 0) is 0 Å². The average Bonchev–Trinajstić information content (AvgIpc) is 2.32. The summed E-state index contributed by atoms with van der Waals surface area (Å²) in [5.74, 6) is 1.38. The third kappa shape index (κ3) is 3.91. The zero-order valence-corrected chi connectivity index (χ0v) is 10.5. The number of nitrogens with two attached hydrogens (primary N) is 1. The summed E-state index contributed by atoms with van der Waals surface area (Å²) in [5, 5.41) is 9.86. The molecular formula is C13H21NO3. The molecule has 0 aliphatic carbocycles. The molecule has 1 aromatic rings. The number of benzene rings is 1. The van der Waals surface area contributed by atoms with E-state index in [1.54, 1.807) is 0 Å². The van der Waals surface area contributed by atoms with Gasteiger partial charge in [-0.25, -0.2) is 0 Å². The van der Waals surface area contributed by atoms with E-state index >= 15 is 0 Å². The van der Waals surface area contributed by atoms with Crippen LogP contribution in [-0.4, -0.2) is 24.9 Å². The van der Waals surface area contributed by atoms with E-state index in [-0.39, 0.29) is 0 Å². The van der Waals surface area contributed by atoms with Crippen molar-refractivity contribution in [3.63, 3.8) is 0 Å². The molecular weight excluding hydrogens is 218 g/mol. The van der Waals surface area contributed by atoms with Gasteiger partial charge < -0.3 is 20.3 Å². The predicted molar refractivity (Wildman–Crippen MR) is 67.4 cm³/mol. The van der Waals surface area contributed by atoms with Crippen LogP contribution in [0.3, 0.4) is 0 Å². The second-order valence-corrected chi connectivity index (χ2v) is 3.67. The molecule has 0 radical (unpaired) electrons. The number of aliphatic hydroxyl groups excluding tert-OH is 1. The average molecular weight is 239 g/mol. The summed E-state index contributed by atoms with van der Waals surface area (Å²) in [7, 11) is 0. The molecule has 4 heteroatoms. The number of hydrogen-bond acceptors (Lipinski definition) is 4. The van der Waals surface area contributed by atoms with Crippen LogP contribution in [0.4, 0.5) is 0 Å². The Balaban J connectivity index is 2.91. The summed E-state index contributed by atoms with van der Waals surface area (Å²) in [5.41, 5.74) is 6.23. The van der Waals surface area contributed by atoms with Gasteiger partial charge in [0, 0.05) is 0 Å². The quantitative estimate of drug-likeness (QED) is 0.762. The van der Waals surface area contributed by atoms with E-state index in [1.807, 2.05) is 32.0 Å². The highest BCUT2D eigenvalue weighted by Crippen LogP contribution is 2.31. The van der Waals surface area contributed by atoms with Crippen LogP contribution in [0.15, 0.2) is 18.2 Å². The van der Waals surface area contributed by atoms with Gasteiger partial charge in [0.1, 0.15) is 0 Å². The summed E-state index contributed by atoms with van der Waals surface area (Å²) in [6, 6.07) is 5.48. The van der Waals surface area contributed by atoms with Gasteiger partial charge in [-0.15, -0.1) is 0 Å². The van der Waals surface area contributed by atoms with Crippen LogP contribution in [0.25, 0.3) is 0 Å². The largest absolute Gasteiger partial charge is 0.490 e. The third-order valence-corrected chi connectivity index (χ3v) is 2.39.